The van der Waals surface area contributed by atoms with Crippen LogP contribution in [0.5, 0.6) is 0 Å². The number of aromatic nitrogens is 3. The van der Waals surface area contributed by atoms with Crippen LogP contribution in [0.4, 0.5) is 0 Å². The van der Waals surface area contributed by atoms with Gasteiger partial charge >= 0.3 is 5.97 Å². The van der Waals surface area contributed by atoms with Crippen LogP contribution in [0.15, 0.2) is 12.7 Å². The molecule has 0 saturated carbocycles. The zero-order chi connectivity index (χ0) is 8.48. The van der Waals surface area contributed by atoms with Gasteiger partial charge in [0.15, 0.2) is 0 Å². The Hall–Kier alpha value is -1.43. The van der Waals surface area contributed by atoms with E-state index < -0.39 is 11.6 Å². The summed E-state index contributed by atoms with van der Waals surface area (Å²) in [5.41, 5.74) is 3.87. The maximum atomic E-state index is 10.5. The highest BCUT2D eigenvalue weighted by Crippen LogP contribution is 2.04. The molecule has 6 heteroatoms. The van der Waals surface area contributed by atoms with Gasteiger partial charge in [-0.2, -0.15) is 5.10 Å². The predicted molar refractivity (Wildman–Crippen MR) is 35.5 cm³/mol. The minimum atomic E-state index is -1.52. The number of nitrogens with zero attached hydrogens (tertiary/aromatic N) is 3. The van der Waals surface area contributed by atoms with E-state index in [1.165, 1.54) is 19.6 Å². The van der Waals surface area contributed by atoms with E-state index >= 15 is 0 Å². The molecule has 0 unspecified atom stereocenters. The van der Waals surface area contributed by atoms with E-state index in [4.69, 9.17) is 10.8 Å². The summed E-state index contributed by atoms with van der Waals surface area (Å²) < 4.78 is 1.08. The molecule has 1 aromatic heterocycles. The van der Waals surface area contributed by atoms with Gasteiger partial charge in [0, 0.05) is 0 Å². The van der Waals surface area contributed by atoms with Crippen LogP contribution in [-0.2, 0) is 10.5 Å². The van der Waals surface area contributed by atoms with Crippen LogP contribution < -0.4 is 5.73 Å². The van der Waals surface area contributed by atoms with E-state index in [9.17, 15) is 4.79 Å². The van der Waals surface area contributed by atoms with Crippen molar-refractivity contribution < 1.29 is 9.90 Å². The molecular weight excluding hydrogens is 148 g/mol. The number of hydrogen-bond acceptors (Lipinski definition) is 4. The van der Waals surface area contributed by atoms with Crippen LogP contribution >= 0.6 is 0 Å². The molecule has 0 radical (unpaired) electrons. The van der Waals surface area contributed by atoms with E-state index in [2.05, 4.69) is 10.1 Å². The molecule has 60 valence electrons. The molecule has 0 aliphatic heterocycles. The molecule has 3 N–H and O–H groups in total. The van der Waals surface area contributed by atoms with Gasteiger partial charge in [-0.25, -0.2) is 14.5 Å². The molecule has 0 saturated heterocycles. The van der Waals surface area contributed by atoms with E-state index in [1.807, 2.05) is 0 Å². The van der Waals surface area contributed by atoms with Crippen molar-refractivity contribution in [1.82, 2.24) is 14.8 Å². The van der Waals surface area contributed by atoms with Crippen molar-refractivity contribution in [2.24, 2.45) is 5.73 Å². The third kappa shape index (κ3) is 1.20. The Morgan fingerprint density at radius 1 is 1.82 bits per heavy atom. The fraction of sp³-hybridized carbons (Fsp3) is 0.400. The van der Waals surface area contributed by atoms with Gasteiger partial charge in [-0.1, -0.05) is 0 Å². The number of nitrogens with two attached hydrogens (primary N) is 1. The Morgan fingerprint density at radius 2 is 2.45 bits per heavy atom. The summed E-state index contributed by atoms with van der Waals surface area (Å²) in [4.78, 5) is 14.1. The standard InChI is InChI=1S/C5H8N4O2/c1-5(6,4(10)11)9-3-7-2-8-9/h2-3H,6H2,1H3,(H,10,11)/t5-/m1/s1. The zero-order valence-electron chi connectivity index (χ0n) is 5.93. The lowest BCUT2D eigenvalue weighted by Gasteiger charge is -2.18. The van der Waals surface area contributed by atoms with E-state index in [0.29, 0.717) is 0 Å². The lowest BCUT2D eigenvalue weighted by atomic mass is 10.2. The molecule has 0 aromatic carbocycles. The van der Waals surface area contributed by atoms with E-state index in [-0.39, 0.29) is 0 Å². The maximum absolute atomic E-state index is 10.5. The number of carbonyl (C=O) groups is 1. The van der Waals surface area contributed by atoms with Crippen LogP contribution in [0, 0.1) is 0 Å². The highest BCUT2D eigenvalue weighted by Gasteiger charge is 2.30. The molecule has 0 spiro atoms. The largest absolute Gasteiger partial charge is 0.478 e. The van der Waals surface area contributed by atoms with Crippen molar-refractivity contribution in [2.75, 3.05) is 0 Å². The van der Waals surface area contributed by atoms with E-state index in [0.717, 1.165) is 4.68 Å². The number of carboxylic acid groups (broad SMARTS) is 1. The molecule has 1 heterocycles. The molecule has 6 nitrogen and oxygen atoms in total. The van der Waals surface area contributed by atoms with Crippen molar-refractivity contribution in [2.45, 2.75) is 12.6 Å². The average molecular weight is 156 g/mol. The van der Waals surface area contributed by atoms with Crippen LogP contribution in [0.3, 0.4) is 0 Å². The van der Waals surface area contributed by atoms with Crippen molar-refractivity contribution in [3.63, 3.8) is 0 Å². The lowest BCUT2D eigenvalue weighted by molar-refractivity contribution is -0.146. The first-order valence-electron chi connectivity index (χ1n) is 2.92. The third-order valence-corrected chi connectivity index (χ3v) is 1.33. The summed E-state index contributed by atoms with van der Waals surface area (Å²) >= 11 is 0. The molecule has 0 aliphatic carbocycles. The molecule has 1 atom stereocenters. The maximum Gasteiger partial charge on any atom is 0.346 e. The van der Waals surface area contributed by atoms with Gasteiger partial charge < -0.3 is 5.11 Å². The molecular formula is C5H8N4O2. The average Bonchev–Trinajstić information content (AvgIpc) is 2.37. The van der Waals surface area contributed by atoms with Crippen LogP contribution in [-0.4, -0.2) is 25.8 Å². The molecule has 1 rings (SSSR count). The van der Waals surface area contributed by atoms with Crippen LogP contribution in [0.25, 0.3) is 0 Å². The summed E-state index contributed by atoms with van der Waals surface area (Å²) in [7, 11) is 0. The SMILES string of the molecule is C[C@](N)(C(=O)O)n1cncn1. The van der Waals surface area contributed by atoms with Gasteiger partial charge in [-0.3, -0.25) is 5.73 Å². The van der Waals surface area contributed by atoms with Crippen molar-refractivity contribution in [3.05, 3.63) is 12.7 Å². The number of rotatable bonds is 2. The summed E-state index contributed by atoms with van der Waals surface area (Å²) in [5.74, 6) is -1.15. The van der Waals surface area contributed by atoms with Gasteiger partial charge in [0.05, 0.1) is 0 Å². The first-order chi connectivity index (χ1) is 5.05. The minimum absolute atomic E-state index is 1.08. The zero-order valence-corrected chi connectivity index (χ0v) is 5.93. The van der Waals surface area contributed by atoms with E-state index in [1.54, 1.807) is 0 Å². The monoisotopic (exact) mass is 156 g/mol. The number of aliphatic carboxylic acids is 1. The predicted octanol–water partition coefficient (Wildman–Crippen LogP) is -1.01. The van der Waals surface area contributed by atoms with Crippen LogP contribution in [0.1, 0.15) is 6.92 Å². The number of carboxylic acids is 1. The second-order valence-electron chi connectivity index (χ2n) is 2.29. The number of hydrogen-bond donors (Lipinski definition) is 2. The first-order valence-corrected chi connectivity index (χ1v) is 2.92. The summed E-state index contributed by atoms with van der Waals surface area (Å²) in [6, 6.07) is 0. The molecule has 11 heavy (non-hydrogen) atoms. The Balaban J connectivity index is 3.00. The topological polar surface area (TPSA) is 94.0 Å². The Labute approximate surface area is 62.6 Å². The lowest BCUT2D eigenvalue weighted by Crippen LogP contribution is -2.47. The highest BCUT2D eigenvalue weighted by molar-refractivity contribution is 5.75. The van der Waals surface area contributed by atoms with Crippen LogP contribution in [0.2, 0.25) is 0 Å². The van der Waals surface area contributed by atoms with Crippen molar-refractivity contribution in [3.8, 4) is 0 Å². The Morgan fingerprint density at radius 3 is 2.82 bits per heavy atom. The Kier molecular flexibility index (Phi) is 1.61. The van der Waals surface area contributed by atoms with Crippen molar-refractivity contribution in [1.29, 1.82) is 0 Å². The van der Waals surface area contributed by atoms with Gasteiger partial charge in [0.2, 0.25) is 5.66 Å². The van der Waals surface area contributed by atoms with Gasteiger partial charge in [0.1, 0.15) is 12.7 Å². The summed E-state index contributed by atoms with van der Waals surface area (Å²) in [5, 5.41) is 12.2. The molecule has 0 amide bonds. The summed E-state index contributed by atoms with van der Waals surface area (Å²) in [6.07, 6.45) is 2.49. The van der Waals surface area contributed by atoms with Gasteiger partial charge in [0.25, 0.3) is 0 Å². The first kappa shape index (κ1) is 7.67. The molecule has 0 bridgehead atoms. The quantitative estimate of drug-likeness (QED) is 0.572. The van der Waals surface area contributed by atoms with Crippen molar-refractivity contribution >= 4 is 5.97 Å². The smallest absolute Gasteiger partial charge is 0.346 e. The second-order valence-corrected chi connectivity index (χ2v) is 2.29. The molecule has 0 fully saturated rings. The van der Waals surface area contributed by atoms with Gasteiger partial charge in [-0.05, 0) is 6.92 Å². The second kappa shape index (κ2) is 2.31. The highest BCUT2D eigenvalue weighted by atomic mass is 16.4. The fourth-order valence-electron chi connectivity index (χ4n) is 0.546. The third-order valence-electron chi connectivity index (χ3n) is 1.33. The minimum Gasteiger partial charge on any atom is -0.478 e. The Bertz CT molecular complexity index is 253. The molecule has 0 aliphatic rings. The normalized spacial score (nSPS) is 15.8. The molecule has 1 aromatic rings. The summed E-state index contributed by atoms with van der Waals surface area (Å²) in [6.45, 7) is 1.34. The van der Waals surface area contributed by atoms with Gasteiger partial charge in [-0.15, -0.1) is 0 Å². The fourth-order valence-corrected chi connectivity index (χ4v) is 0.546.